The van der Waals surface area contributed by atoms with Crippen molar-refractivity contribution >= 4 is 11.9 Å². The van der Waals surface area contributed by atoms with Crippen molar-refractivity contribution in [3.05, 3.63) is 291 Å². The molecule has 1 atom stereocenters. The third-order valence-corrected chi connectivity index (χ3v) is 6.09. The van der Waals surface area contributed by atoms with E-state index in [0.717, 1.165) is 6.92 Å². The second-order valence-electron chi connectivity index (χ2n) is 11.8. The summed E-state index contributed by atoms with van der Waals surface area (Å²) in [5.41, 5.74) is 5.02. The molecule has 0 saturated carbocycles. The lowest BCUT2D eigenvalue weighted by atomic mass is 10.2. The van der Waals surface area contributed by atoms with Crippen LogP contribution in [0.2, 0.25) is 0 Å². The molecule has 0 radical (unpaired) electrons. The first-order valence-corrected chi connectivity index (χ1v) is 20.5. The fourth-order valence-corrected chi connectivity index (χ4v) is 3.25. The summed E-state index contributed by atoms with van der Waals surface area (Å²) in [6.07, 6.45) is 1.75. The molecule has 0 aliphatic heterocycles. The first-order valence-electron chi connectivity index (χ1n) is 20.5. The van der Waals surface area contributed by atoms with Crippen molar-refractivity contribution in [1.82, 2.24) is 0 Å². The molecule has 0 aromatic heterocycles. The second-order valence-corrected chi connectivity index (χ2v) is 11.8. The van der Waals surface area contributed by atoms with Gasteiger partial charge in [0.25, 0.3) is 5.97 Å². The Morgan fingerprint density at radius 3 is 0.387 bits per heavy atom. The van der Waals surface area contributed by atoms with Crippen molar-refractivity contribution in [2.24, 2.45) is 5.73 Å². The first-order chi connectivity index (χ1) is 30.3. The Morgan fingerprint density at radius 1 is 0.306 bits per heavy atom. The van der Waals surface area contributed by atoms with Gasteiger partial charge in [0, 0.05) is 6.92 Å². The van der Waals surface area contributed by atoms with E-state index in [9.17, 15) is 4.79 Å². The van der Waals surface area contributed by atoms with Crippen molar-refractivity contribution < 1.29 is 19.8 Å². The predicted octanol–water partition coefficient (Wildman–Crippen LogP) is 14.8. The molecule has 0 saturated heterocycles. The number of aliphatic carboxylic acids is 2. The summed E-state index contributed by atoms with van der Waals surface area (Å²) >= 11 is 0. The van der Waals surface area contributed by atoms with Crippen LogP contribution in [0.3, 0.4) is 0 Å². The van der Waals surface area contributed by atoms with Gasteiger partial charge >= 0.3 is 5.97 Å². The van der Waals surface area contributed by atoms with Crippen molar-refractivity contribution in [2.45, 2.75) is 46.6 Å². The molecule has 4 N–H and O–H groups in total. The van der Waals surface area contributed by atoms with E-state index in [1.54, 1.807) is 6.92 Å². The molecule has 1 unspecified atom stereocenters. The Labute approximate surface area is 373 Å². The lowest BCUT2D eigenvalue weighted by molar-refractivity contribution is -0.138. The molecule has 62 heavy (non-hydrogen) atoms. The average molecular weight is 832 g/mol. The maximum Gasteiger partial charge on any atom is 0.320 e. The Balaban J connectivity index is -0.000000621. The number of carboxylic acids is 2. The van der Waals surface area contributed by atoms with Crippen LogP contribution in [0.15, 0.2) is 291 Å². The third kappa shape index (κ3) is 64.6. The number of rotatable bonds is 2. The van der Waals surface area contributed by atoms with Gasteiger partial charge < -0.3 is 15.9 Å². The van der Waals surface area contributed by atoms with Gasteiger partial charge in [0.1, 0.15) is 6.04 Å². The fraction of sp³-hybridized carbons (Fsp3) is 0.123. The van der Waals surface area contributed by atoms with Gasteiger partial charge in [-0.2, -0.15) is 0 Å². The van der Waals surface area contributed by atoms with Crippen LogP contribution >= 0.6 is 0 Å². The minimum absolute atomic E-state index is 0.495. The highest BCUT2D eigenvalue weighted by Gasteiger charge is 2.05. The van der Waals surface area contributed by atoms with Crippen LogP contribution in [0, 0.1) is 0 Å². The highest BCUT2D eigenvalue weighted by atomic mass is 16.4. The molecule has 0 spiro atoms. The summed E-state index contributed by atoms with van der Waals surface area (Å²) in [4.78, 5) is 18.8. The van der Waals surface area contributed by atoms with E-state index in [4.69, 9.17) is 20.7 Å². The minimum Gasteiger partial charge on any atom is -0.481 e. The molecule has 0 heterocycles. The van der Waals surface area contributed by atoms with Crippen LogP contribution in [0.4, 0.5) is 0 Å². The molecule has 8 rings (SSSR count). The van der Waals surface area contributed by atoms with Crippen LogP contribution in [0.1, 0.15) is 40.5 Å². The fourth-order valence-electron chi connectivity index (χ4n) is 3.25. The van der Waals surface area contributed by atoms with Crippen molar-refractivity contribution in [3.63, 3.8) is 0 Å². The van der Waals surface area contributed by atoms with Gasteiger partial charge in [0.15, 0.2) is 0 Å². The zero-order valence-corrected chi connectivity index (χ0v) is 37.0. The molecule has 0 fully saturated rings. The maximum atomic E-state index is 9.81. The topological polar surface area (TPSA) is 101 Å². The molecule has 5 heteroatoms. The lowest BCUT2D eigenvalue weighted by Crippen LogP contribution is -2.28. The monoisotopic (exact) mass is 832 g/mol. The first kappa shape index (κ1) is 59.0. The minimum atomic E-state index is -0.928. The molecular weight excluding hydrogens is 763 g/mol. The predicted molar refractivity (Wildman–Crippen MR) is 267 cm³/mol. The van der Waals surface area contributed by atoms with Crippen LogP contribution in [0.5, 0.6) is 0 Å². The van der Waals surface area contributed by atoms with Crippen LogP contribution in [-0.4, -0.2) is 28.2 Å². The van der Waals surface area contributed by atoms with E-state index < -0.39 is 18.0 Å². The van der Waals surface area contributed by atoms with Gasteiger partial charge in [0.2, 0.25) is 0 Å². The summed E-state index contributed by atoms with van der Waals surface area (Å²) in [5, 5.41) is 15.5. The normalized spacial score (nSPS) is 8.40. The smallest absolute Gasteiger partial charge is 0.320 e. The van der Waals surface area contributed by atoms with Crippen molar-refractivity contribution in [3.8, 4) is 0 Å². The highest BCUT2D eigenvalue weighted by Crippen LogP contribution is 1.85. The molecule has 8 aromatic rings. The summed E-state index contributed by atoms with van der Waals surface area (Å²) in [6.45, 7) is 7.07. The SMILES string of the molecule is CC(=O)O.CCC.CCC(N)C(=O)O.c1ccccc1.c1ccccc1.c1ccccc1.c1ccccc1.c1ccccc1.c1ccccc1.c1ccccc1.c1ccccc1. The van der Waals surface area contributed by atoms with Crippen molar-refractivity contribution in [1.29, 1.82) is 0 Å². The van der Waals surface area contributed by atoms with Gasteiger partial charge in [0.05, 0.1) is 0 Å². The summed E-state index contributed by atoms with van der Waals surface area (Å²) in [5.74, 6) is -1.76. The van der Waals surface area contributed by atoms with E-state index in [1.807, 2.05) is 291 Å². The zero-order chi connectivity index (χ0) is 46.1. The number of hydrogen-bond donors (Lipinski definition) is 3. The number of nitrogens with two attached hydrogens (primary N) is 1. The number of benzene rings is 8. The van der Waals surface area contributed by atoms with Crippen molar-refractivity contribution in [2.75, 3.05) is 0 Å². The number of carbonyl (C=O) groups is 2. The van der Waals surface area contributed by atoms with E-state index in [1.165, 1.54) is 6.42 Å². The van der Waals surface area contributed by atoms with E-state index in [-0.39, 0.29) is 0 Å². The largest absolute Gasteiger partial charge is 0.481 e. The van der Waals surface area contributed by atoms with Gasteiger partial charge in [-0.05, 0) is 6.42 Å². The molecule has 0 aliphatic rings. The third-order valence-electron chi connectivity index (χ3n) is 6.09. The second kappa shape index (κ2) is 55.8. The Morgan fingerprint density at radius 2 is 0.371 bits per heavy atom. The highest BCUT2D eigenvalue weighted by molar-refractivity contribution is 5.72. The number of carboxylic acid groups (broad SMARTS) is 2. The Hall–Kier alpha value is -7.34. The summed E-state index contributed by atoms with van der Waals surface area (Å²) in [6, 6.07) is 95.3. The standard InChI is InChI=1S/8C6H6.C4H9NO2.C3H8.C2H4O2/c8*1-2-4-6-5-3-1;1-2-3(5)4(6)7;1-3-2;1-2(3)4/h8*1-6H;3H,2,5H2,1H3,(H,6,7);3H2,1-2H3;1H3,(H,3,4). The quantitative estimate of drug-likeness (QED) is 0.161. The molecular formula is C57H69NO4. The van der Waals surface area contributed by atoms with E-state index in [0.29, 0.717) is 6.42 Å². The summed E-state index contributed by atoms with van der Waals surface area (Å²) in [7, 11) is 0. The molecule has 8 aromatic carbocycles. The van der Waals surface area contributed by atoms with Crippen LogP contribution in [0.25, 0.3) is 0 Å². The zero-order valence-electron chi connectivity index (χ0n) is 37.0. The lowest BCUT2D eigenvalue weighted by Gasteiger charge is -1.97. The Bertz CT molecular complexity index is 1260. The Kier molecular flexibility index (Phi) is 53.0. The van der Waals surface area contributed by atoms with Gasteiger partial charge in [-0.3, -0.25) is 9.59 Å². The molecule has 0 amide bonds. The molecule has 0 bridgehead atoms. The average Bonchev–Trinajstić information content (AvgIpc) is 3.37. The van der Waals surface area contributed by atoms with Gasteiger partial charge in [-0.25, -0.2) is 0 Å². The number of hydrogen-bond acceptors (Lipinski definition) is 3. The van der Waals surface area contributed by atoms with Gasteiger partial charge in [-0.15, -0.1) is 0 Å². The van der Waals surface area contributed by atoms with E-state index >= 15 is 0 Å². The molecule has 5 nitrogen and oxygen atoms in total. The molecule has 0 aliphatic carbocycles. The summed E-state index contributed by atoms with van der Waals surface area (Å²) < 4.78 is 0. The van der Waals surface area contributed by atoms with Gasteiger partial charge in [-0.1, -0.05) is 318 Å². The van der Waals surface area contributed by atoms with Crippen LogP contribution < -0.4 is 5.73 Å². The van der Waals surface area contributed by atoms with E-state index in [2.05, 4.69) is 13.8 Å². The van der Waals surface area contributed by atoms with Crippen LogP contribution in [-0.2, 0) is 9.59 Å². The molecule has 326 valence electrons. The maximum absolute atomic E-state index is 9.81.